The lowest BCUT2D eigenvalue weighted by atomic mass is 9.99. The van der Waals surface area contributed by atoms with Crippen LogP contribution in [-0.4, -0.2) is 6.61 Å². The minimum absolute atomic E-state index is 0.285. The summed E-state index contributed by atoms with van der Waals surface area (Å²) in [6, 6.07) is 17.9. The van der Waals surface area contributed by atoms with E-state index >= 15 is 0 Å². The van der Waals surface area contributed by atoms with Gasteiger partial charge in [0, 0.05) is 5.39 Å². The first-order chi connectivity index (χ1) is 10.7. The average Bonchev–Trinajstić information content (AvgIpc) is 2.57. The molecule has 112 valence electrons. The zero-order valence-corrected chi connectivity index (χ0v) is 12.9. The van der Waals surface area contributed by atoms with Crippen molar-refractivity contribution in [1.82, 2.24) is 0 Å². The van der Waals surface area contributed by atoms with Gasteiger partial charge < -0.3 is 4.74 Å². The fraction of sp³-hybridized carbons (Fsp3) is 0.200. The monoisotopic (exact) mass is 294 g/mol. The molecule has 0 aliphatic heterocycles. The van der Waals surface area contributed by atoms with Gasteiger partial charge in [-0.2, -0.15) is 0 Å². The van der Waals surface area contributed by atoms with Crippen molar-refractivity contribution in [3.63, 3.8) is 0 Å². The summed E-state index contributed by atoms with van der Waals surface area (Å²) < 4.78 is 19.7. The van der Waals surface area contributed by atoms with Gasteiger partial charge in [-0.15, -0.1) is 0 Å². The average molecular weight is 294 g/mol. The van der Waals surface area contributed by atoms with E-state index in [0.29, 0.717) is 17.7 Å². The second kappa shape index (κ2) is 6.18. The molecule has 0 heterocycles. The van der Waals surface area contributed by atoms with Crippen LogP contribution in [0.5, 0.6) is 5.75 Å². The summed E-state index contributed by atoms with van der Waals surface area (Å²) in [4.78, 5) is 0. The van der Waals surface area contributed by atoms with Crippen LogP contribution in [0.4, 0.5) is 4.39 Å². The Morgan fingerprint density at radius 1 is 0.864 bits per heavy atom. The zero-order valence-electron chi connectivity index (χ0n) is 12.9. The first-order valence-corrected chi connectivity index (χ1v) is 7.67. The van der Waals surface area contributed by atoms with Crippen LogP contribution in [0.15, 0.2) is 54.6 Å². The third-order valence-corrected chi connectivity index (χ3v) is 3.91. The maximum absolute atomic E-state index is 14.4. The summed E-state index contributed by atoms with van der Waals surface area (Å²) in [5.41, 5.74) is 3.56. The third-order valence-electron chi connectivity index (χ3n) is 3.91. The molecule has 0 atom stereocenters. The number of aryl methyl sites for hydroxylation is 1. The van der Waals surface area contributed by atoms with Gasteiger partial charge in [0.25, 0.3) is 0 Å². The molecule has 22 heavy (non-hydrogen) atoms. The van der Waals surface area contributed by atoms with Crippen LogP contribution in [-0.2, 0) is 6.42 Å². The highest BCUT2D eigenvalue weighted by Gasteiger charge is 2.09. The van der Waals surface area contributed by atoms with Gasteiger partial charge in [0.2, 0.25) is 0 Å². The van der Waals surface area contributed by atoms with Crippen LogP contribution in [0.3, 0.4) is 0 Å². The predicted molar refractivity (Wildman–Crippen MR) is 89.9 cm³/mol. The van der Waals surface area contributed by atoms with Crippen molar-refractivity contribution in [1.29, 1.82) is 0 Å². The molecule has 0 spiro atoms. The topological polar surface area (TPSA) is 9.23 Å². The quantitative estimate of drug-likeness (QED) is 0.608. The van der Waals surface area contributed by atoms with Crippen molar-refractivity contribution in [2.24, 2.45) is 0 Å². The molecule has 3 aromatic carbocycles. The molecule has 3 aromatic rings. The number of halogens is 1. The molecular weight excluding hydrogens is 275 g/mol. The number of fused-ring (bicyclic) bond motifs is 1. The molecule has 0 bridgehead atoms. The molecule has 0 radical (unpaired) electrons. The van der Waals surface area contributed by atoms with E-state index in [-0.39, 0.29) is 5.82 Å². The molecule has 3 rings (SSSR count). The maximum atomic E-state index is 14.4. The largest absolute Gasteiger partial charge is 0.491 e. The van der Waals surface area contributed by atoms with Gasteiger partial charge in [-0.1, -0.05) is 49.4 Å². The standard InChI is InChI=1S/C20H19FO/c1-3-14-5-7-15(8-6-14)16-9-11-18-17(13-16)10-12-19(20(18)21)22-4-2/h5-13H,3-4H2,1-2H3. The summed E-state index contributed by atoms with van der Waals surface area (Å²) in [5.74, 6) is 0.0299. The number of hydrogen-bond acceptors (Lipinski definition) is 1. The molecule has 1 nitrogen and oxygen atoms in total. The first kappa shape index (κ1) is 14.6. The van der Waals surface area contributed by atoms with Gasteiger partial charge >= 0.3 is 0 Å². The van der Waals surface area contributed by atoms with Gasteiger partial charge in [0.1, 0.15) is 0 Å². The van der Waals surface area contributed by atoms with Crippen LogP contribution in [0.2, 0.25) is 0 Å². The van der Waals surface area contributed by atoms with Crippen LogP contribution in [0.1, 0.15) is 19.4 Å². The summed E-state index contributed by atoms with van der Waals surface area (Å²) in [5, 5.41) is 1.48. The van der Waals surface area contributed by atoms with E-state index in [0.717, 1.165) is 22.9 Å². The lowest BCUT2D eigenvalue weighted by Gasteiger charge is -2.09. The van der Waals surface area contributed by atoms with Gasteiger partial charge in [-0.3, -0.25) is 0 Å². The molecule has 0 saturated heterocycles. The Morgan fingerprint density at radius 3 is 2.27 bits per heavy atom. The molecule has 0 aliphatic rings. The summed E-state index contributed by atoms with van der Waals surface area (Å²) in [7, 11) is 0. The smallest absolute Gasteiger partial charge is 0.172 e. The Bertz CT molecular complexity index is 791. The molecule has 0 saturated carbocycles. The molecular formula is C20H19FO. The van der Waals surface area contributed by atoms with E-state index in [1.165, 1.54) is 5.56 Å². The Balaban J connectivity index is 2.04. The van der Waals surface area contributed by atoms with Gasteiger partial charge in [0.15, 0.2) is 11.6 Å². The van der Waals surface area contributed by atoms with E-state index in [4.69, 9.17) is 4.74 Å². The van der Waals surface area contributed by atoms with Crippen molar-refractivity contribution in [3.05, 3.63) is 66.0 Å². The summed E-state index contributed by atoms with van der Waals surface area (Å²) in [6.45, 7) is 4.46. The van der Waals surface area contributed by atoms with E-state index in [1.807, 2.05) is 31.2 Å². The molecule has 2 heteroatoms. The van der Waals surface area contributed by atoms with Crippen LogP contribution in [0.25, 0.3) is 21.9 Å². The van der Waals surface area contributed by atoms with E-state index in [9.17, 15) is 4.39 Å². The maximum Gasteiger partial charge on any atom is 0.172 e. The molecule has 0 aliphatic carbocycles. The van der Waals surface area contributed by atoms with Gasteiger partial charge in [-0.25, -0.2) is 4.39 Å². The highest BCUT2D eigenvalue weighted by Crippen LogP contribution is 2.30. The van der Waals surface area contributed by atoms with E-state index in [2.05, 4.69) is 31.2 Å². The Hall–Kier alpha value is -2.35. The van der Waals surface area contributed by atoms with E-state index < -0.39 is 0 Å². The zero-order chi connectivity index (χ0) is 15.5. The SMILES string of the molecule is CCOc1ccc2cc(-c3ccc(CC)cc3)ccc2c1F. The molecule has 0 aromatic heterocycles. The van der Waals surface area contributed by atoms with Gasteiger partial charge in [0.05, 0.1) is 6.61 Å². The molecule has 0 fully saturated rings. The van der Waals surface area contributed by atoms with Crippen LogP contribution < -0.4 is 4.74 Å². The molecule has 0 amide bonds. The predicted octanol–water partition coefficient (Wildman–Crippen LogP) is 5.61. The van der Waals surface area contributed by atoms with Crippen molar-refractivity contribution in [2.45, 2.75) is 20.3 Å². The van der Waals surface area contributed by atoms with Crippen molar-refractivity contribution >= 4 is 10.8 Å². The summed E-state index contributed by atoms with van der Waals surface area (Å²) >= 11 is 0. The van der Waals surface area contributed by atoms with Crippen molar-refractivity contribution in [3.8, 4) is 16.9 Å². The highest BCUT2D eigenvalue weighted by molar-refractivity contribution is 5.89. The molecule has 0 N–H and O–H groups in total. The van der Waals surface area contributed by atoms with Crippen LogP contribution >= 0.6 is 0 Å². The first-order valence-electron chi connectivity index (χ1n) is 7.67. The number of rotatable bonds is 4. The minimum atomic E-state index is -0.285. The normalized spacial score (nSPS) is 10.9. The van der Waals surface area contributed by atoms with Crippen LogP contribution in [0, 0.1) is 5.82 Å². The lowest BCUT2D eigenvalue weighted by Crippen LogP contribution is -1.95. The Kier molecular flexibility index (Phi) is 4.10. The summed E-state index contributed by atoms with van der Waals surface area (Å²) in [6.07, 6.45) is 1.03. The van der Waals surface area contributed by atoms with E-state index in [1.54, 1.807) is 6.07 Å². The van der Waals surface area contributed by atoms with Crippen molar-refractivity contribution < 1.29 is 9.13 Å². The third kappa shape index (κ3) is 2.69. The number of benzene rings is 3. The highest BCUT2D eigenvalue weighted by atomic mass is 19.1. The lowest BCUT2D eigenvalue weighted by molar-refractivity contribution is 0.323. The Labute approximate surface area is 130 Å². The fourth-order valence-electron chi connectivity index (χ4n) is 2.65. The Morgan fingerprint density at radius 2 is 1.59 bits per heavy atom. The number of hydrogen-bond donors (Lipinski definition) is 0. The fourth-order valence-corrected chi connectivity index (χ4v) is 2.65. The number of ether oxygens (including phenoxy) is 1. The second-order valence-electron chi connectivity index (χ2n) is 5.30. The molecule has 0 unspecified atom stereocenters. The second-order valence-corrected chi connectivity index (χ2v) is 5.30. The van der Waals surface area contributed by atoms with Gasteiger partial charge in [-0.05, 0) is 47.6 Å². The minimum Gasteiger partial charge on any atom is -0.491 e. The van der Waals surface area contributed by atoms with Crippen molar-refractivity contribution in [2.75, 3.05) is 6.61 Å².